The molecular weight excluding hydrogens is 296 g/mol. The summed E-state index contributed by atoms with van der Waals surface area (Å²) in [6, 6.07) is 3.97. The molecule has 0 radical (unpaired) electrons. The Bertz CT molecular complexity index is 686. The lowest BCUT2D eigenvalue weighted by molar-refractivity contribution is -0.116. The number of benzene rings is 1. The van der Waals surface area contributed by atoms with Gasteiger partial charge in [0.05, 0.1) is 12.2 Å². The molecule has 1 heterocycles. The van der Waals surface area contributed by atoms with Crippen molar-refractivity contribution < 1.29 is 19.1 Å². The van der Waals surface area contributed by atoms with Crippen molar-refractivity contribution >= 4 is 17.6 Å². The smallest absolute Gasteiger partial charge is 0.409 e. The summed E-state index contributed by atoms with van der Waals surface area (Å²) < 4.78 is 10.4. The SMILES string of the molecule is COCC1(C)NC(=O)C(c2c(C)cc(C)cc2C)=C1OC(N)=O. The third-order valence-corrected chi connectivity index (χ3v) is 3.91. The number of ether oxygens (including phenoxy) is 2. The molecule has 1 unspecified atom stereocenters. The monoisotopic (exact) mass is 318 g/mol. The summed E-state index contributed by atoms with van der Waals surface area (Å²) in [5.41, 5.74) is 8.30. The summed E-state index contributed by atoms with van der Waals surface area (Å²) in [6.07, 6.45) is -0.959. The third-order valence-electron chi connectivity index (χ3n) is 3.91. The van der Waals surface area contributed by atoms with Crippen molar-refractivity contribution in [2.24, 2.45) is 5.73 Å². The summed E-state index contributed by atoms with van der Waals surface area (Å²) in [6.45, 7) is 7.73. The normalized spacial score (nSPS) is 20.7. The van der Waals surface area contributed by atoms with Crippen molar-refractivity contribution in [3.8, 4) is 0 Å². The fourth-order valence-electron chi connectivity index (χ4n) is 3.20. The Balaban J connectivity index is 2.73. The first-order valence-electron chi connectivity index (χ1n) is 7.31. The number of primary amides is 1. The van der Waals surface area contributed by atoms with E-state index < -0.39 is 11.6 Å². The van der Waals surface area contributed by atoms with Crippen LogP contribution in [0.1, 0.15) is 29.2 Å². The van der Waals surface area contributed by atoms with Gasteiger partial charge in [-0.25, -0.2) is 4.79 Å². The lowest BCUT2D eigenvalue weighted by Gasteiger charge is -2.25. The molecule has 3 N–H and O–H groups in total. The lowest BCUT2D eigenvalue weighted by Crippen LogP contribution is -2.46. The van der Waals surface area contributed by atoms with E-state index in [0.29, 0.717) is 5.57 Å². The summed E-state index contributed by atoms with van der Waals surface area (Å²) in [7, 11) is 1.51. The van der Waals surface area contributed by atoms with Gasteiger partial charge in [-0.1, -0.05) is 17.7 Å². The standard InChI is InChI=1S/C17H22N2O4/c1-9-6-10(2)12(11(3)7-9)13-14(23-16(18)21)17(4,8-22-5)19-15(13)20/h6-7H,8H2,1-5H3,(H2,18,21)(H,19,20). The molecule has 1 aliphatic heterocycles. The van der Waals surface area contributed by atoms with Gasteiger partial charge in [0.15, 0.2) is 5.76 Å². The van der Waals surface area contributed by atoms with Crippen LogP contribution in [0.25, 0.3) is 5.57 Å². The van der Waals surface area contributed by atoms with Crippen LogP contribution >= 0.6 is 0 Å². The number of amides is 2. The number of hydrogen-bond donors (Lipinski definition) is 2. The number of carbonyl (C=O) groups excluding carboxylic acids is 2. The average Bonchev–Trinajstić information content (AvgIpc) is 2.61. The van der Waals surface area contributed by atoms with Crippen LogP contribution in [0, 0.1) is 20.8 Å². The molecule has 0 aliphatic carbocycles. The second kappa shape index (κ2) is 6.04. The maximum absolute atomic E-state index is 12.6. The topological polar surface area (TPSA) is 90.7 Å². The summed E-state index contributed by atoms with van der Waals surface area (Å²) in [5, 5.41) is 2.83. The molecule has 0 saturated carbocycles. The minimum absolute atomic E-state index is 0.162. The van der Waals surface area contributed by atoms with E-state index in [1.165, 1.54) is 7.11 Å². The van der Waals surface area contributed by atoms with Crippen LogP contribution in [0.5, 0.6) is 0 Å². The zero-order valence-corrected chi connectivity index (χ0v) is 14.1. The Morgan fingerprint density at radius 1 is 1.26 bits per heavy atom. The minimum Gasteiger partial charge on any atom is -0.412 e. The van der Waals surface area contributed by atoms with Gasteiger partial charge in [-0.3, -0.25) is 4.79 Å². The van der Waals surface area contributed by atoms with Crippen LogP contribution in [0.2, 0.25) is 0 Å². The van der Waals surface area contributed by atoms with Gasteiger partial charge in [0.25, 0.3) is 5.91 Å². The molecule has 2 amide bonds. The van der Waals surface area contributed by atoms with E-state index >= 15 is 0 Å². The van der Waals surface area contributed by atoms with Crippen LogP contribution in [-0.2, 0) is 14.3 Å². The molecule has 1 aromatic rings. The minimum atomic E-state index is -0.959. The molecule has 0 saturated heterocycles. The molecule has 6 nitrogen and oxygen atoms in total. The molecule has 124 valence electrons. The van der Waals surface area contributed by atoms with Crippen molar-refractivity contribution in [2.75, 3.05) is 13.7 Å². The first-order valence-corrected chi connectivity index (χ1v) is 7.31. The van der Waals surface area contributed by atoms with Crippen LogP contribution in [-0.4, -0.2) is 31.3 Å². The Morgan fingerprint density at radius 2 is 1.83 bits per heavy atom. The number of carbonyl (C=O) groups is 2. The maximum atomic E-state index is 12.6. The largest absolute Gasteiger partial charge is 0.412 e. The van der Waals surface area contributed by atoms with E-state index in [4.69, 9.17) is 15.2 Å². The van der Waals surface area contributed by atoms with Gasteiger partial charge in [-0.05, 0) is 44.4 Å². The van der Waals surface area contributed by atoms with E-state index in [-0.39, 0.29) is 18.3 Å². The summed E-state index contributed by atoms with van der Waals surface area (Å²) in [4.78, 5) is 23.9. The zero-order valence-electron chi connectivity index (χ0n) is 14.1. The van der Waals surface area contributed by atoms with Crippen LogP contribution in [0.3, 0.4) is 0 Å². The summed E-state index contributed by atoms with van der Waals surface area (Å²) >= 11 is 0. The highest BCUT2D eigenvalue weighted by molar-refractivity contribution is 6.24. The summed E-state index contributed by atoms with van der Waals surface area (Å²) in [5.74, 6) is -0.109. The second-order valence-corrected chi connectivity index (χ2v) is 6.12. The van der Waals surface area contributed by atoms with Crippen LogP contribution in [0.15, 0.2) is 17.9 Å². The fourth-order valence-corrected chi connectivity index (χ4v) is 3.20. The van der Waals surface area contributed by atoms with Gasteiger partial charge in [0.1, 0.15) is 5.54 Å². The molecule has 0 fully saturated rings. The first kappa shape index (κ1) is 17.0. The maximum Gasteiger partial charge on any atom is 0.409 e. The number of nitrogens with two attached hydrogens (primary N) is 1. The Morgan fingerprint density at radius 3 is 2.30 bits per heavy atom. The van der Waals surface area contributed by atoms with Crippen molar-refractivity contribution in [3.63, 3.8) is 0 Å². The number of nitrogens with one attached hydrogen (secondary N) is 1. The molecule has 1 aromatic carbocycles. The number of hydrogen-bond acceptors (Lipinski definition) is 4. The number of rotatable bonds is 4. The predicted octanol–water partition coefficient (Wildman–Crippen LogP) is 1.95. The Labute approximate surface area is 135 Å². The number of aryl methyl sites for hydroxylation is 3. The zero-order chi connectivity index (χ0) is 17.4. The van der Waals surface area contributed by atoms with Gasteiger partial charge in [0, 0.05) is 7.11 Å². The van der Waals surface area contributed by atoms with Crippen molar-refractivity contribution in [2.45, 2.75) is 33.2 Å². The van der Waals surface area contributed by atoms with Crippen LogP contribution in [0.4, 0.5) is 4.79 Å². The van der Waals surface area contributed by atoms with Gasteiger partial charge in [-0.15, -0.1) is 0 Å². The molecule has 0 spiro atoms. The highest BCUT2D eigenvalue weighted by atomic mass is 16.6. The van der Waals surface area contributed by atoms with Crippen molar-refractivity contribution in [3.05, 3.63) is 40.1 Å². The quantitative estimate of drug-likeness (QED) is 0.888. The molecule has 0 bridgehead atoms. The molecule has 6 heteroatoms. The molecule has 23 heavy (non-hydrogen) atoms. The van der Waals surface area contributed by atoms with Crippen molar-refractivity contribution in [1.82, 2.24) is 5.32 Å². The third kappa shape index (κ3) is 3.07. The molecule has 1 aliphatic rings. The molecule has 2 rings (SSSR count). The fraction of sp³-hybridized carbons (Fsp3) is 0.412. The highest BCUT2D eigenvalue weighted by Crippen LogP contribution is 2.37. The molecular formula is C17H22N2O4. The average molecular weight is 318 g/mol. The van der Waals surface area contributed by atoms with Gasteiger partial charge < -0.3 is 20.5 Å². The van der Waals surface area contributed by atoms with Crippen LogP contribution < -0.4 is 11.1 Å². The van der Waals surface area contributed by atoms with E-state index in [0.717, 1.165) is 22.3 Å². The predicted molar refractivity (Wildman–Crippen MR) is 86.7 cm³/mol. The second-order valence-electron chi connectivity index (χ2n) is 6.12. The van der Waals surface area contributed by atoms with Gasteiger partial charge >= 0.3 is 6.09 Å². The number of methoxy groups -OCH3 is 1. The van der Waals surface area contributed by atoms with E-state index in [1.807, 2.05) is 32.9 Å². The van der Waals surface area contributed by atoms with E-state index in [2.05, 4.69) is 5.32 Å². The van der Waals surface area contributed by atoms with Crippen molar-refractivity contribution in [1.29, 1.82) is 0 Å². The first-order chi connectivity index (χ1) is 10.7. The van der Waals surface area contributed by atoms with E-state index in [9.17, 15) is 9.59 Å². The molecule has 0 aromatic heterocycles. The van der Waals surface area contributed by atoms with Gasteiger partial charge in [-0.2, -0.15) is 0 Å². The molecule has 1 atom stereocenters. The van der Waals surface area contributed by atoms with E-state index in [1.54, 1.807) is 6.92 Å². The Kier molecular flexibility index (Phi) is 4.47. The lowest BCUT2D eigenvalue weighted by atomic mass is 9.91. The Hall–Kier alpha value is -2.34. The highest BCUT2D eigenvalue weighted by Gasteiger charge is 2.45. The van der Waals surface area contributed by atoms with Gasteiger partial charge in [0.2, 0.25) is 0 Å².